The minimum atomic E-state index is -3.79. The molecule has 2 aromatic carbocycles. The Balaban J connectivity index is 1.97. The van der Waals surface area contributed by atoms with Gasteiger partial charge in [-0.05, 0) is 35.9 Å². The monoisotopic (exact) mass is 373 g/mol. The molecule has 2 aromatic rings. The highest BCUT2D eigenvalue weighted by atomic mass is 35.5. The molecule has 0 amide bonds. The second kappa shape index (κ2) is 6.42. The van der Waals surface area contributed by atoms with E-state index in [0.29, 0.717) is 0 Å². The third kappa shape index (κ3) is 3.14. The van der Waals surface area contributed by atoms with E-state index in [1.54, 1.807) is 17.8 Å². The number of nitrogens with one attached hydrogen (secondary N) is 1. The van der Waals surface area contributed by atoms with E-state index in [1.165, 1.54) is 12.1 Å². The molecule has 3 nitrogen and oxygen atoms in total. The zero-order valence-corrected chi connectivity index (χ0v) is 14.6. The van der Waals surface area contributed by atoms with E-state index in [1.807, 2.05) is 24.3 Å². The molecule has 0 radical (unpaired) electrons. The fourth-order valence-electron chi connectivity index (χ4n) is 2.45. The Morgan fingerprint density at radius 3 is 2.45 bits per heavy atom. The van der Waals surface area contributed by atoms with Gasteiger partial charge in [-0.15, -0.1) is 11.8 Å². The SMILES string of the molecule is O=S(=O)(NC1CCSc2ccccc21)c1c(Cl)cccc1Cl. The van der Waals surface area contributed by atoms with Crippen LogP contribution in [0.2, 0.25) is 10.0 Å². The summed E-state index contributed by atoms with van der Waals surface area (Å²) in [6.45, 7) is 0. The fourth-order valence-corrected chi connectivity index (χ4v) is 5.97. The van der Waals surface area contributed by atoms with E-state index in [4.69, 9.17) is 23.2 Å². The zero-order valence-electron chi connectivity index (χ0n) is 11.4. The van der Waals surface area contributed by atoms with Crippen LogP contribution in [0.4, 0.5) is 0 Å². The van der Waals surface area contributed by atoms with Crippen molar-refractivity contribution in [1.82, 2.24) is 4.72 Å². The van der Waals surface area contributed by atoms with Gasteiger partial charge in [0.25, 0.3) is 0 Å². The molecule has 1 atom stereocenters. The molecule has 116 valence electrons. The van der Waals surface area contributed by atoms with Gasteiger partial charge in [-0.25, -0.2) is 13.1 Å². The van der Waals surface area contributed by atoms with Crippen molar-refractivity contribution in [2.24, 2.45) is 0 Å². The van der Waals surface area contributed by atoms with Crippen LogP contribution in [-0.2, 0) is 10.0 Å². The summed E-state index contributed by atoms with van der Waals surface area (Å²) in [6, 6.07) is 12.2. The molecular formula is C15H13Cl2NO2S2. The lowest BCUT2D eigenvalue weighted by atomic mass is 10.1. The molecule has 0 saturated heterocycles. The summed E-state index contributed by atoms with van der Waals surface area (Å²) >= 11 is 13.8. The van der Waals surface area contributed by atoms with Crippen molar-refractivity contribution in [3.05, 3.63) is 58.1 Å². The highest BCUT2D eigenvalue weighted by Gasteiger charge is 2.28. The summed E-state index contributed by atoms with van der Waals surface area (Å²) < 4.78 is 28.1. The zero-order chi connectivity index (χ0) is 15.7. The molecule has 1 aliphatic rings. The second-order valence-electron chi connectivity index (χ2n) is 4.90. The molecule has 0 aromatic heterocycles. The second-order valence-corrected chi connectivity index (χ2v) is 8.50. The molecule has 1 heterocycles. The maximum Gasteiger partial charge on any atom is 0.244 e. The van der Waals surface area contributed by atoms with Crippen molar-refractivity contribution in [1.29, 1.82) is 0 Å². The van der Waals surface area contributed by atoms with Gasteiger partial charge in [-0.3, -0.25) is 0 Å². The van der Waals surface area contributed by atoms with Crippen LogP contribution in [-0.4, -0.2) is 14.2 Å². The lowest BCUT2D eigenvalue weighted by molar-refractivity contribution is 0.546. The minimum Gasteiger partial charge on any atom is -0.207 e. The third-order valence-corrected chi connectivity index (χ3v) is 6.99. The van der Waals surface area contributed by atoms with Crippen molar-refractivity contribution in [3.8, 4) is 0 Å². The van der Waals surface area contributed by atoms with E-state index in [2.05, 4.69) is 4.72 Å². The first-order valence-electron chi connectivity index (χ1n) is 6.67. The van der Waals surface area contributed by atoms with Crippen LogP contribution < -0.4 is 4.72 Å². The van der Waals surface area contributed by atoms with Gasteiger partial charge in [0.2, 0.25) is 10.0 Å². The molecule has 7 heteroatoms. The number of sulfonamides is 1. The highest BCUT2D eigenvalue weighted by molar-refractivity contribution is 7.99. The van der Waals surface area contributed by atoms with E-state index in [0.717, 1.165) is 22.6 Å². The van der Waals surface area contributed by atoms with Gasteiger partial charge >= 0.3 is 0 Å². The number of fused-ring (bicyclic) bond motifs is 1. The van der Waals surface area contributed by atoms with Gasteiger partial charge in [-0.2, -0.15) is 0 Å². The Kier molecular flexibility index (Phi) is 4.71. The van der Waals surface area contributed by atoms with E-state index >= 15 is 0 Å². The van der Waals surface area contributed by atoms with Crippen molar-refractivity contribution < 1.29 is 8.42 Å². The summed E-state index contributed by atoms with van der Waals surface area (Å²) in [5.41, 5.74) is 0.991. The molecule has 0 bridgehead atoms. The molecular weight excluding hydrogens is 361 g/mol. The van der Waals surface area contributed by atoms with Gasteiger partial charge in [0.05, 0.1) is 10.0 Å². The van der Waals surface area contributed by atoms with Crippen molar-refractivity contribution in [3.63, 3.8) is 0 Å². The molecule has 1 aliphatic heterocycles. The number of thioether (sulfide) groups is 1. The van der Waals surface area contributed by atoms with Crippen LogP contribution in [0.5, 0.6) is 0 Å². The van der Waals surface area contributed by atoms with E-state index in [9.17, 15) is 8.42 Å². The van der Waals surface area contributed by atoms with Gasteiger partial charge in [-0.1, -0.05) is 47.5 Å². The lowest BCUT2D eigenvalue weighted by Crippen LogP contribution is -2.31. The molecule has 0 fully saturated rings. The van der Waals surface area contributed by atoms with Gasteiger partial charge in [0.15, 0.2) is 0 Å². The molecule has 3 rings (SSSR count). The molecule has 1 unspecified atom stereocenters. The summed E-state index contributed by atoms with van der Waals surface area (Å²) in [7, 11) is -3.79. The van der Waals surface area contributed by atoms with Crippen LogP contribution in [0.15, 0.2) is 52.3 Å². The third-order valence-electron chi connectivity index (χ3n) is 3.44. The summed E-state index contributed by atoms with van der Waals surface area (Å²) in [5, 5.41) is 0.247. The summed E-state index contributed by atoms with van der Waals surface area (Å²) in [6.07, 6.45) is 0.725. The standard InChI is InChI=1S/C15H13Cl2NO2S2/c16-11-5-3-6-12(17)15(11)22(19,20)18-13-8-9-21-14-7-2-1-4-10(13)14/h1-7,13,18H,8-9H2. The predicted octanol–water partition coefficient (Wildman–Crippen LogP) is 4.51. The molecule has 0 spiro atoms. The number of halogens is 2. The molecule has 22 heavy (non-hydrogen) atoms. The predicted molar refractivity (Wildman–Crippen MR) is 91.3 cm³/mol. The van der Waals surface area contributed by atoms with Crippen LogP contribution in [0, 0.1) is 0 Å². The number of rotatable bonds is 3. The van der Waals surface area contributed by atoms with E-state index < -0.39 is 10.0 Å². The molecule has 1 N–H and O–H groups in total. The highest BCUT2D eigenvalue weighted by Crippen LogP contribution is 2.37. The van der Waals surface area contributed by atoms with E-state index in [-0.39, 0.29) is 21.0 Å². The molecule has 0 saturated carbocycles. The summed E-state index contributed by atoms with van der Waals surface area (Å²) in [5.74, 6) is 0.862. The largest absolute Gasteiger partial charge is 0.244 e. The maximum absolute atomic E-state index is 12.7. The maximum atomic E-state index is 12.7. The van der Waals surface area contributed by atoms with Crippen LogP contribution in [0.3, 0.4) is 0 Å². The Labute approximate surface area is 144 Å². The molecule has 0 aliphatic carbocycles. The van der Waals surface area contributed by atoms with Crippen molar-refractivity contribution >= 4 is 45.0 Å². The normalized spacial score (nSPS) is 18.0. The number of hydrogen-bond acceptors (Lipinski definition) is 3. The Morgan fingerprint density at radius 1 is 1.05 bits per heavy atom. The van der Waals surface area contributed by atoms with Gasteiger partial charge in [0, 0.05) is 10.9 Å². The van der Waals surface area contributed by atoms with Crippen LogP contribution in [0.25, 0.3) is 0 Å². The number of hydrogen-bond donors (Lipinski definition) is 1. The summed E-state index contributed by atoms with van der Waals surface area (Å²) in [4.78, 5) is 1.04. The van der Waals surface area contributed by atoms with Gasteiger partial charge < -0.3 is 0 Å². The minimum absolute atomic E-state index is 0.0611. The lowest BCUT2D eigenvalue weighted by Gasteiger charge is -2.26. The quantitative estimate of drug-likeness (QED) is 0.860. The fraction of sp³-hybridized carbons (Fsp3) is 0.200. The first-order valence-corrected chi connectivity index (χ1v) is 9.89. The number of benzene rings is 2. The Morgan fingerprint density at radius 2 is 1.73 bits per heavy atom. The first-order chi connectivity index (χ1) is 10.5. The average Bonchev–Trinajstić information content (AvgIpc) is 2.47. The first kappa shape index (κ1) is 16.1. The topological polar surface area (TPSA) is 46.2 Å². The van der Waals surface area contributed by atoms with Crippen molar-refractivity contribution in [2.45, 2.75) is 22.3 Å². The van der Waals surface area contributed by atoms with Gasteiger partial charge in [0.1, 0.15) is 4.90 Å². The average molecular weight is 374 g/mol. The van der Waals surface area contributed by atoms with Crippen LogP contribution in [0.1, 0.15) is 18.0 Å². The smallest absolute Gasteiger partial charge is 0.207 e. The Bertz CT molecular complexity index is 789. The Hall–Kier alpha value is -0.720. The van der Waals surface area contributed by atoms with Crippen LogP contribution >= 0.6 is 35.0 Å². The van der Waals surface area contributed by atoms with Crippen molar-refractivity contribution in [2.75, 3.05) is 5.75 Å².